The molecule has 0 heterocycles. The van der Waals surface area contributed by atoms with Gasteiger partial charge in [0, 0.05) is 0 Å². The fourth-order valence-corrected chi connectivity index (χ4v) is 7.49. The molecule has 0 atom stereocenters. The first-order valence-corrected chi connectivity index (χ1v) is 20.7. The predicted molar refractivity (Wildman–Crippen MR) is 153 cm³/mol. The summed E-state index contributed by atoms with van der Waals surface area (Å²) in [5, 5.41) is 8.75. The molecule has 5 rings (SSSR count). The molecule has 0 bridgehead atoms. The maximum absolute atomic E-state index is 2.99. The summed E-state index contributed by atoms with van der Waals surface area (Å²) in [6.45, 7) is 14.5. The maximum atomic E-state index is 2.99. The third-order valence-corrected chi connectivity index (χ3v) is 11.8. The van der Waals surface area contributed by atoms with Crippen molar-refractivity contribution < 1.29 is 24.2 Å². The van der Waals surface area contributed by atoms with E-state index < -0.39 is 16.1 Å². The van der Waals surface area contributed by atoms with Gasteiger partial charge in [-0.2, -0.15) is 6.08 Å². The topological polar surface area (TPSA) is 0 Å². The first kappa shape index (κ1) is 26.6. The monoisotopic (exact) mass is 546 g/mol. The summed E-state index contributed by atoms with van der Waals surface area (Å²) in [5.74, 6) is 0. The van der Waals surface area contributed by atoms with Gasteiger partial charge in [0.2, 0.25) is 0 Å². The zero-order valence-corrected chi connectivity index (χ0v) is 26.0. The van der Waals surface area contributed by atoms with Crippen LogP contribution in [0.3, 0.4) is 0 Å². The third-order valence-electron chi connectivity index (χ3n) is 6.48. The van der Waals surface area contributed by atoms with E-state index in [2.05, 4.69) is 93.9 Å². The Labute approximate surface area is 218 Å². The van der Waals surface area contributed by atoms with Crippen LogP contribution < -0.4 is 10.4 Å². The predicted octanol–water partition coefficient (Wildman–Crippen LogP) is 7.78. The molecule has 3 aromatic rings. The standard InChI is InChI=1S/C19H25Si2.C6H10.C5H5.Zr/c1-20(2,3)16-7-9-18-14(12-16)11-15-13-17(21(4,5)6)8-10-19(15)18;1-2-4-6-5-3-1;1-2-4-5-3-1;/h7-13H,1-6H3;1-5H2;1-3H,4H2;/q-1;;-1;+2. The number of rotatable bonds is 2. The van der Waals surface area contributed by atoms with Gasteiger partial charge in [-0.3, -0.25) is 6.08 Å². The van der Waals surface area contributed by atoms with Gasteiger partial charge in [0.1, 0.15) is 0 Å². The third kappa shape index (κ3) is 7.74. The Balaban J connectivity index is 0.000000207. The Kier molecular flexibility index (Phi) is 9.35. The van der Waals surface area contributed by atoms with Gasteiger partial charge in [-0.25, -0.2) is 12.2 Å². The first-order valence-electron chi connectivity index (χ1n) is 12.5. The Morgan fingerprint density at radius 3 is 1.58 bits per heavy atom. The van der Waals surface area contributed by atoms with E-state index in [1.807, 2.05) is 12.2 Å². The van der Waals surface area contributed by atoms with Gasteiger partial charge in [-0.1, -0.05) is 73.9 Å². The molecule has 2 aliphatic rings. The number of hydrogen-bond acceptors (Lipinski definition) is 0. The fraction of sp³-hybridized carbons (Fsp3) is 0.400. The fourth-order valence-electron chi connectivity index (χ4n) is 4.27. The van der Waals surface area contributed by atoms with Crippen LogP contribution in [-0.4, -0.2) is 19.4 Å². The summed E-state index contributed by atoms with van der Waals surface area (Å²) in [5.41, 5.74) is 0. The van der Waals surface area contributed by atoms with Gasteiger partial charge in [-0.05, 0) is 0 Å². The van der Waals surface area contributed by atoms with Crippen molar-refractivity contribution >= 4 is 51.3 Å². The second-order valence-electron chi connectivity index (χ2n) is 11.4. The van der Waals surface area contributed by atoms with E-state index >= 15 is 0 Å². The molecule has 0 nitrogen and oxygen atoms in total. The number of fused-ring (bicyclic) bond motifs is 3. The molecule has 0 amide bonds. The van der Waals surface area contributed by atoms with Crippen molar-refractivity contribution in [2.45, 2.75) is 77.8 Å². The Morgan fingerprint density at radius 1 is 0.758 bits per heavy atom. The number of benzene rings is 2. The SMILES string of the molecule is C[Si](C)(C)c1ccc2c(c1)[cH-]c1cc([Si](C)(C)C)ccc12.[C-]1=CC=CC1.[Zr+2]=[C]1CCCCC1. The van der Waals surface area contributed by atoms with E-state index in [0.717, 1.165) is 6.42 Å². The van der Waals surface area contributed by atoms with E-state index in [-0.39, 0.29) is 0 Å². The molecule has 3 aromatic carbocycles. The summed E-state index contributed by atoms with van der Waals surface area (Å²) >= 11 is 1.69. The van der Waals surface area contributed by atoms with Gasteiger partial charge in [-0.15, -0.1) is 46.2 Å². The van der Waals surface area contributed by atoms with Crippen molar-refractivity contribution in [3.8, 4) is 0 Å². The van der Waals surface area contributed by atoms with Crippen molar-refractivity contribution in [1.82, 2.24) is 0 Å². The molecule has 33 heavy (non-hydrogen) atoms. The van der Waals surface area contributed by atoms with Crippen LogP contribution in [0.25, 0.3) is 21.5 Å². The van der Waals surface area contributed by atoms with E-state index in [9.17, 15) is 0 Å². The summed E-state index contributed by atoms with van der Waals surface area (Å²) in [6, 6.07) is 16.6. The van der Waals surface area contributed by atoms with E-state index in [1.165, 1.54) is 53.6 Å². The summed E-state index contributed by atoms with van der Waals surface area (Å²) < 4.78 is 1.80. The van der Waals surface area contributed by atoms with Gasteiger partial charge < -0.3 is 0 Å². The molecule has 0 spiro atoms. The van der Waals surface area contributed by atoms with Crippen molar-refractivity contribution in [3.05, 3.63) is 66.8 Å². The van der Waals surface area contributed by atoms with E-state index in [1.54, 1.807) is 37.8 Å². The molecule has 0 aromatic heterocycles. The molecule has 1 fully saturated rings. The molecule has 3 heteroatoms. The van der Waals surface area contributed by atoms with E-state index in [0.29, 0.717) is 0 Å². The van der Waals surface area contributed by atoms with Crippen molar-refractivity contribution in [1.29, 1.82) is 0 Å². The second kappa shape index (κ2) is 11.6. The van der Waals surface area contributed by atoms with Crippen LogP contribution in [0.1, 0.15) is 38.5 Å². The van der Waals surface area contributed by atoms with Gasteiger partial charge >= 0.3 is 59.5 Å². The van der Waals surface area contributed by atoms with Gasteiger partial charge in [0.25, 0.3) is 0 Å². The summed E-state index contributed by atoms with van der Waals surface area (Å²) in [7, 11) is -2.47. The van der Waals surface area contributed by atoms with E-state index in [4.69, 9.17) is 0 Å². The minimum atomic E-state index is -1.23. The van der Waals surface area contributed by atoms with Crippen LogP contribution in [0, 0.1) is 6.08 Å². The normalized spacial score (nSPS) is 15.9. The number of allylic oxidation sites excluding steroid dienone is 4. The number of hydrogen-bond donors (Lipinski definition) is 0. The molecule has 172 valence electrons. The van der Waals surface area contributed by atoms with Crippen molar-refractivity contribution in [2.75, 3.05) is 0 Å². The molecular weight excluding hydrogens is 508 g/mol. The van der Waals surface area contributed by atoms with Crippen LogP contribution in [0.15, 0.2) is 60.7 Å². The quantitative estimate of drug-likeness (QED) is 0.227. The molecular formula is C30H40Si2Zr. The zero-order valence-electron chi connectivity index (χ0n) is 21.5. The van der Waals surface area contributed by atoms with Crippen LogP contribution in [0.5, 0.6) is 0 Å². The molecule has 0 aliphatic heterocycles. The molecule has 0 N–H and O–H groups in total. The van der Waals surface area contributed by atoms with Gasteiger partial charge in [0.05, 0.1) is 16.1 Å². The summed E-state index contributed by atoms with van der Waals surface area (Å²) in [4.78, 5) is 0. The molecule has 0 radical (unpaired) electrons. The molecule has 0 saturated heterocycles. The van der Waals surface area contributed by atoms with Gasteiger partial charge in [0.15, 0.2) is 0 Å². The molecule has 1 saturated carbocycles. The molecule has 2 aliphatic carbocycles. The Bertz CT molecular complexity index is 1060. The summed E-state index contributed by atoms with van der Waals surface area (Å²) in [6.07, 6.45) is 17.3. The van der Waals surface area contributed by atoms with Crippen molar-refractivity contribution in [3.63, 3.8) is 0 Å². The Hall–Kier alpha value is -1.02. The average Bonchev–Trinajstić information content (AvgIpc) is 3.44. The van der Waals surface area contributed by atoms with Crippen LogP contribution in [-0.2, 0) is 24.2 Å². The average molecular weight is 548 g/mol. The minimum absolute atomic E-state index is 1.01. The Morgan fingerprint density at radius 2 is 1.27 bits per heavy atom. The van der Waals surface area contributed by atoms with Crippen LogP contribution in [0.4, 0.5) is 0 Å². The van der Waals surface area contributed by atoms with Crippen LogP contribution >= 0.6 is 0 Å². The second-order valence-corrected chi connectivity index (χ2v) is 23.3. The van der Waals surface area contributed by atoms with Crippen molar-refractivity contribution in [2.24, 2.45) is 0 Å². The first-order chi connectivity index (χ1) is 15.6. The zero-order chi connectivity index (χ0) is 24.1. The molecule has 0 unspecified atom stereocenters. The van der Waals surface area contributed by atoms with Crippen LogP contribution in [0.2, 0.25) is 39.3 Å².